The number of nitrogens with two attached hydrogens (primary N) is 1. The van der Waals surface area contributed by atoms with Crippen LogP contribution < -0.4 is 15.4 Å². The van der Waals surface area contributed by atoms with Crippen LogP contribution >= 0.6 is 0 Å². The fourth-order valence-electron chi connectivity index (χ4n) is 3.33. The number of nitrogens with zero attached hydrogens (tertiary/aromatic N) is 2. The normalized spacial score (nSPS) is 14.8. The lowest BCUT2D eigenvalue weighted by Gasteiger charge is -2.29. The third kappa shape index (κ3) is 3.70. The summed E-state index contributed by atoms with van der Waals surface area (Å²) >= 11 is 0. The SMILES string of the molecule is CCc1ccc(N2CCCC2)nc1C(C)(C)Oc1ccc(N)cc1F. The van der Waals surface area contributed by atoms with Gasteiger partial charge >= 0.3 is 0 Å². The molecule has 3 rings (SSSR count). The fourth-order valence-corrected chi connectivity index (χ4v) is 3.33. The average Bonchev–Trinajstić information content (AvgIpc) is 3.11. The van der Waals surface area contributed by atoms with Crippen molar-refractivity contribution in [2.24, 2.45) is 0 Å². The van der Waals surface area contributed by atoms with Crippen LogP contribution in [0, 0.1) is 5.82 Å². The highest BCUT2D eigenvalue weighted by molar-refractivity contribution is 5.45. The molecule has 1 aliphatic rings. The number of anilines is 2. The molecule has 1 saturated heterocycles. The van der Waals surface area contributed by atoms with Crippen molar-refractivity contribution in [3.63, 3.8) is 0 Å². The molecule has 4 nitrogen and oxygen atoms in total. The first kappa shape index (κ1) is 17.5. The van der Waals surface area contributed by atoms with Crippen LogP contribution in [0.5, 0.6) is 5.75 Å². The van der Waals surface area contributed by atoms with Gasteiger partial charge in [0.2, 0.25) is 0 Å². The molecule has 0 aliphatic carbocycles. The highest BCUT2D eigenvalue weighted by Crippen LogP contribution is 2.33. The van der Waals surface area contributed by atoms with Crippen LogP contribution in [0.3, 0.4) is 0 Å². The lowest BCUT2D eigenvalue weighted by atomic mass is 9.97. The van der Waals surface area contributed by atoms with E-state index in [1.54, 1.807) is 12.1 Å². The number of pyridine rings is 1. The van der Waals surface area contributed by atoms with E-state index in [2.05, 4.69) is 24.0 Å². The van der Waals surface area contributed by atoms with E-state index in [1.165, 1.54) is 18.9 Å². The maximum atomic E-state index is 14.2. The molecule has 1 aromatic heterocycles. The second-order valence-electron chi connectivity index (χ2n) is 7.03. The minimum absolute atomic E-state index is 0.189. The Kier molecular flexibility index (Phi) is 4.84. The van der Waals surface area contributed by atoms with Crippen LogP contribution in [0.15, 0.2) is 30.3 Å². The molecule has 5 heteroatoms. The van der Waals surface area contributed by atoms with E-state index in [0.29, 0.717) is 5.69 Å². The Balaban J connectivity index is 1.95. The molecule has 0 saturated carbocycles. The molecule has 2 N–H and O–H groups in total. The Bertz CT molecular complexity index is 755. The van der Waals surface area contributed by atoms with Crippen LogP contribution in [0.25, 0.3) is 0 Å². The molecule has 134 valence electrons. The van der Waals surface area contributed by atoms with E-state index in [-0.39, 0.29) is 5.75 Å². The molecule has 0 spiro atoms. The Morgan fingerprint density at radius 2 is 1.92 bits per heavy atom. The van der Waals surface area contributed by atoms with Crippen molar-refractivity contribution < 1.29 is 9.13 Å². The number of hydrogen-bond acceptors (Lipinski definition) is 4. The average molecular weight is 343 g/mol. The van der Waals surface area contributed by atoms with Crippen LogP contribution in [-0.2, 0) is 12.0 Å². The Morgan fingerprint density at radius 3 is 2.56 bits per heavy atom. The lowest BCUT2D eigenvalue weighted by molar-refractivity contribution is 0.0970. The van der Waals surface area contributed by atoms with Gasteiger partial charge in [-0.3, -0.25) is 0 Å². The van der Waals surface area contributed by atoms with Crippen molar-refractivity contribution in [2.75, 3.05) is 23.7 Å². The molecule has 1 aliphatic heterocycles. The van der Waals surface area contributed by atoms with Crippen LogP contribution in [0.4, 0.5) is 15.9 Å². The second kappa shape index (κ2) is 6.90. The maximum Gasteiger partial charge on any atom is 0.167 e. The quantitative estimate of drug-likeness (QED) is 0.823. The second-order valence-corrected chi connectivity index (χ2v) is 7.03. The standard InChI is InChI=1S/C20H26FN3O/c1-4-14-7-10-18(24-11-5-6-12-24)23-19(14)20(2,3)25-17-9-8-15(22)13-16(17)21/h7-10,13H,4-6,11-12,22H2,1-3H3. The van der Waals surface area contributed by atoms with Crippen LogP contribution in [0.2, 0.25) is 0 Å². The molecule has 0 unspecified atom stereocenters. The summed E-state index contributed by atoms with van der Waals surface area (Å²) in [6.07, 6.45) is 3.24. The molecule has 1 aromatic carbocycles. The van der Waals surface area contributed by atoms with Crippen molar-refractivity contribution in [3.05, 3.63) is 47.4 Å². The van der Waals surface area contributed by atoms with Crippen molar-refractivity contribution in [1.29, 1.82) is 0 Å². The topological polar surface area (TPSA) is 51.4 Å². The van der Waals surface area contributed by atoms with Gasteiger partial charge in [-0.2, -0.15) is 0 Å². The Hall–Kier alpha value is -2.30. The molecule has 0 radical (unpaired) electrons. The monoisotopic (exact) mass is 343 g/mol. The van der Waals surface area contributed by atoms with Crippen molar-refractivity contribution in [2.45, 2.75) is 45.6 Å². The third-order valence-electron chi connectivity index (χ3n) is 4.67. The minimum Gasteiger partial charge on any atom is -0.478 e. The molecule has 1 fully saturated rings. The summed E-state index contributed by atoms with van der Waals surface area (Å²) in [5.74, 6) is 0.704. The molecule has 25 heavy (non-hydrogen) atoms. The predicted octanol–water partition coefficient (Wildman–Crippen LogP) is 4.28. The van der Waals surface area contributed by atoms with E-state index in [9.17, 15) is 4.39 Å². The van der Waals surface area contributed by atoms with Crippen molar-refractivity contribution in [1.82, 2.24) is 4.98 Å². The first-order chi connectivity index (χ1) is 11.9. The zero-order valence-electron chi connectivity index (χ0n) is 15.2. The highest BCUT2D eigenvalue weighted by Gasteiger charge is 2.29. The van der Waals surface area contributed by atoms with Gasteiger partial charge in [-0.25, -0.2) is 9.37 Å². The molecule has 0 bridgehead atoms. The first-order valence-electron chi connectivity index (χ1n) is 8.90. The number of aryl methyl sites for hydroxylation is 1. The Labute approximate surface area is 148 Å². The number of ether oxygens (including phenoxy) is 1. The van der Waals surface area contributed by atoms with Gasteiger partial charge in [0.1, 0.15) is 11.4 Å². The van der Waals surface area contributed by atoms with Gasteiger partial charge in [-0.15, -0.1) is 0 Å². The third-order valence-corrected chi connectivity index (χ3v) is 4.67. The summed E-state index contributed by atoms with van der Waals surface area (Å²) in [6.45, 7) is 8.02. The number of hydrogen-bond donors (Lipinski definition) is 1. The number of rotatable bonds is 5. The summed E-state index contributed by atoms with van der Waals surface area (Å²) < 4.78 is 20.2. The van der Waals surface area contributed by atoms with E-state index in [4.69, 9.17) is 15.5 Å². The fraction of sp³-hybridized carbons (Fsp3) is 0.450. The number of aromatic nitrogens is 1. The van der Waals surface area contributed by atoms with Gasteiger partial charge in [0, 0.05) is 24.8 Å². The molecule has 2 heterocycles. The maximum absolute atomic E-state index is 14.2. The first-order valence-corrected chi connectivity index (χ1v) is 8.90. The molecule has 0 atom stereocenters. The Morgan fingerprint density at radius 1 is 1.20 bits per heavy atom. The van der Waals surface area contributed by atoms with E-state index < -0.39 is 11.4 Å². The molecule has 0 amide bonds. The summed E-state index contributed by atoms with van der Waals surface area (Å²) in [5, 5.41) is 0. The van der Waals surface area contributed by atoms with Gasteiger partial charge in [-0.05, 0) is 56.9 Å². The van der Waals surface area contributed by atoms with Gasteiger partial charge in [0.05, 0.1) is 5.69 Å². The summed E-state index contributed by atoms with van der Waals surface area (Å²) in [4.78, 5) is 7.19. The zero-order valence-corrected chi connectivity index (χ0v) is 15.2. The smallest absolute Gasteiger partial charge is 0.167 e. The number of halogens is 1. The zero-order chi connectivity index (χ0) is 18.0. The van der Waals surface area contributed by atoms with Gasteiger partial charge in [0.25, 0.3) is 0 Å². The van der Waals surface area contributed by atoms with Gasteiger partial charge in [-0.1, -0.05) is 13.0 Å². The van der Waals surface area contributed by atoms with Crippen LogP contribution in [-0.4, -0.2) is 18.1 Å². The highest BCUT2D eigenvalue weighted by atomic mass is 19.1. The molecule has 2 aromatic rings. The summed E-state index contributed by atoms with van der Waals surface area (Å²) in [5.41, 5.74) is 7.22. The van der Waals surface area contributed by atoms with Crippen molar-refractivity contribution >= 4 is 11.5 Å². The van der Waals surface area contributed by atoms with E-state index >= 15 is 0 Å². The van der Waals surface area contributed by atoms with Crippen LogP contribution in [0.1, 0.15) is 44.9 Å². The summed E-state index contributed by atoms with van der Waals surface area (Å²) in [7, 11) is 0. The van der Waals surface area contributed by atoms with Crippen molar-refractivity contribution in [3.8, 4) is 5.75 Å². The predicted molar refractivity (Wildman–Crippen MR) is 99.5 cm³/mol. The minimum atomic E-state index is -0.752. The summed E-state index contributed by atoms with van der Waals surface area (Å²) in [6, 6.07) is 8.68. The molecular weight excluding hydrogens is 317 g/mol. The van der Waals surface area contributed by atoms with Gasteiger partial charge in [0.15, 0.2) is 11.6 Å². The molecular formula is C20H26FN3O. The largest absolute Gasteiger partial charge is 0.478 e. The number of benzene rings is 1. The lowest BCUT2D eigenvalue weighted by Crippen LogP contribution is -2.30. The van der Waals surface area contributed by atoms with Gasteiger partial charge < -0.3 is 15.4 Å². The van der Waals surface area contributed by atoms with E-state index in [1.807, 2.05) is 13.8 Å². The van der Waals surface area contributed by atoms with E-state index in [0.717, 1.165) is 36.6 Å². The number of nitrogen functional groups attached to an aromatic ring is 1.